The van der Waals surface area contributed by atoms with E-state index in [9.17, 15) is 19.8 Å². The van der Waals surface area contributed by atoms with E-state index in [0.717, 1.165) is 38.5 Å². The molecule has 0 heterocycles. The molecule has 2 aliphatic carbocycles. The van der Waals surface area contributed by atoms with Gasteiger partial charge < -0.3 is 15.5 Å². The Balaban J connectivity index is 1.83. The number of nitrogens with one attached hydrogen (secondary N) is 1. The fourth-order valence-electron chi connectivity index (χ4n) is 3.37. The Morgan fingerprint density at radius 3 is 2.20 bits per heavy atom. The lowest BCUT2D eigenvalue weighted by atomic mass is 9.77. The van der Waals surface area contributed by atoms with Gasteiger partial charge in [-0.1, -0.05) is 25.7 Å². The monoisotopic (exact) mass is 283 g/mol. The number of hydrogen-bond donors (Lipinski definition) is 3. The second-order valence-electron chi connectivity index (χ2n) is 6.47. The van der Waals surface area contributed by atoms with Crippen LogP contribution in [0.15, 0.2) is 0 Å². The molecule has 20 heavy (non-hydrogen) atoms. The van der Waals surface area contributed by atoms with Gasteiger partial charge in [0.2, 0.25) is 5.91 Å². The summed E-state index contributed by atoms with van der Waals surface area (Å²) in [6, 6.07) is 0. The van der Waals surface area contributed by atoms with Gasteiger partial charge >= 0.3 is 5.97 Å². The van der Waals surface area contributed by atoms with Crippen molar-refractivity contribution in [1.29, 1.82) is 0 Å². The van der Waals surface area contributed by atoms with Crippen molar-refractivity contribution in [2.24, 2.45) is 11.3 Å². The molecule has 5 nitrogen and oxygen atoms in total. The fraction of sp³-hybridized carbons (Fsp3) is 0.867. The first kappa shape index (κ1) is 15.3. The molecule has 1 amide bonds. The van der Waals surface area contributed by atoms with Crippen molar-refractivity contribution in [2.75, 3.05) is 6.54 Å². The van der Waals surface area contributed by atoms with Gasteiger partial charge in [0.1, 0.15) is 0 Å². The number of aliphatic hydroxyl groups is 1. The van der Waals surface area contributed by atoms with Gasteiger partial charge in [-0.05, 0) is 31.6 Å². The average molecular weight is 283 g/mol. The molecule has 0 saturated heterocycles. The Kier molecular flexibility index (Phi) is 5.02. The molecule has 0 aliphatic heterocycles. The van der Waals surface area contributed by atoms with Gasteiger partial charge in [-0.2, -0.15) is 0 Å². The number of aliphatic carboxylic acids is 1. The Morgan fingerprint density at radius 1 is 1.10 bits per heavy atom. The fourth-order valence-corrected chi connectivity index (χ4v) is 3.37. The molecule has 0 aromatic heterocycles. The van der Waals surface area contributed by atoms with Crippen LogP contribution < -0.4 is 5.32 Å². The Morgan fingerprint density at radius 2 is 1.70 bits per heavy atom. The van der Waals surface area contributed by atoms with Gasteiger partial charge in [0.15, 0.2) is 0 Å². The van der Waals surface area contributed by atoms with Crippen molar-refractivity contribution in [3.8, 4) is 0 Å². The van der Waals surface area contributed by atoms with Crippen LogP contribution in [0, 0.1) is 11.3 Å². The Labute approximate surface area is 119 Å². The molecular weight excluding hydrogens is 258 g/mol. The van der Waals surface area contributed by atoms with E-state index in [4.69, 9.17) is 0 Å². The summed E-state index contributed by atoms with van der Waals surface area (Å²) >= 11 is 0. The molecule has 2 rings (SSSR count). The first-order valence-electron chi connectivity index (χ1n) is 7.70. The maximum atomic E-state index is 12.0. The second kappa shape index (κ2) is 6.57. The summed E-state index contributed by atoms with van der Waals surface area (Å²) in [5.74, 6) is -0.631. The van der Waals surface area contributed by atoms with E-state index in [1.54, 1.807) is 0 Å². The van der Waals surface area contributed by atoms with Gasteiger partial charge in [0.05, 0.1) is 11.5 Å². The summed E-state index contributed by atoms with van der Waals surface area (Å²) in [4.78, 5) is 23.6. The molecule has 5 heteroatoms. The van der Waals surface area contributed by atoms with Crippen LogP contribution >= 0.6 is 0 Å². The van der Waals surface area contributed by atoms with Crippen molar-refractivity contribution in [3.05, 3.63) is 0 Å². The van der Waals surface area contributed by atoms with E-state index < -0.39 is 11.4 Å². The summed E-state index contributed by atoms with van der Waals surface area (Å²) in [6.45, 7) is 0.561. The highest BCUT2D eigenvalue weighted by molar-refractivity contribution is 5.85. The molecule has 0 radical (unpaired) electrons. The SMILES string of the molecule is O=C(CC1(C(=O)O)CCCCCC1)NCC1CC(O)C1. The molecular formula is C15H25NO4. The van der Waals surface area contributed by atoms with E-state index in [-0.39, 0.29) is 18.4 Å². The molecule has 0 unspecified atom stereocenters. The summed E-state index contributed by atoms with van der Waals surface area (Å²) < 4.78 is 0. The minimum atomic E-state index is -0.861. The van der Waals surface area contributed by atoms with E-state index in [1.165, 1.54) is 0 Å². The molecule has 0 spiro atoms. The first-order chi connectivity index (χ1) is 9.52. The molecule has 0 aromatic carbocycles. The van der Waals surface area contributed by atoms with Crippen molar-refractivity contribution in [2.45, 2.75) is 63.9 Å². The van der Waals surface area contributed by atoms with Crippen molar-refractivity contribution >= 4 is 11.9 Å². The predicted molar refractivity (Wildman–Crippen MR) is 74.1 cm³/mol. The van der Waals surface area contributed by atoms with E-state index >= 15 is 0 Å². The number of hydrogen-bond acceptors (Lipinski definition) is 3. The lowest BCUT2D eigenvalue weighted by molar-refractivity contribution is -0.153. The highest BCUT2D eigenvalue weighted by atomic mass is 16.4. The van der Waals surface area contributed by atoms with Crippen molar-refractivity contribution in [3.63, 3.8) is 0 Å². The van der Waals surface area contributed by atoms with Crippen LogP contribution in [0.25, 0.3) is 0 Å². The topological polar surface area (TPSA) is 86.6 Å². The van der Waals surface area contributed by atoms with E-state index in [2.05, 4.69) is 5.32 Å². The third kappa shape index (κ3) is 3.72. The highest BCUT2D eigenvalue weighted by Gasteiger charge is 2.40. The number of carbonyl (C=O) groups is 2. The van der Waals surface area contributed by atoms with Gasteiger partial charge in [0.25, 0.3) is 0 Å². The maximum absolute atomic E-state index is 12.0. The zero-order valence-electron chi connectivity index (χ0n) is 11.9. The van der Waals surface area contributed by atoms with Crippen LogP contribution in [0.4, 0.5) is 0 Å². The van der Waals surface area contributed by atoms with Gasteiger partial charge in [-0.25, -0.2) is 0 Å². The number of carboxylic acid groups (broad SMARTS) is 1. The number of carbonyl (C=O) groups excluding carboxylic acids is 1. The normalized spacial score (nSPS) is 29.1. The molecule has 3 N–H and O–H groups in total. The van der Waals surface area contributed by atoms with Crippen LogP contribution in [0.2, 0.25) is 0 Å². The predicted octanol–water partition coefficient (Wildman–Crippen LogP) is 1.69. The number of carboxylic acids is 1. The summed E-state index contributed by atoms with van der Waals surface area (Å²) in [7, 11) is 0. The van der Waals surface area contributed by atoms with Gasteiger partial charge in [-0.15, -0.1) is 0 Å². The Bertz CT molecular complexity index is 355. The minimum absolute atomic E-state index is 0.0948. The van der Waals surface area contributed by atoms with E-state index in [0.29, 0.717) is 25.3 Å². The number of amides is 1. The number of aliphatic hydroxyl groups excluding tert-OH is 1. The van der Waals surface area contributed by atoms with Crippen LogP contribution in [0.5, 0.6) is 0 Å². The summed E-state index contributed by atoms with van der Waals surface area (Å²) in [6.07, 6.45) is 6.50. The maximum Gasteiger partial charge on any atom is 0.310 e. The third-order valence-electron chi connectivity index (χ3n) is 4.81. The van der Waals surface area contributed by atoms with Crippen LogP contribution in [-0.2, 0) is 9.59 Å². The molecule has 0 atom stereocenters. The Hall–Kier alpha value is -1.10. The summed E-state index contributed by atoms with van der Waals surface area (Å²) in [5, 5.41) is 21.6. The highest BCUT2D eigenvalue weighted by Crippen LogP contribution is 2.38. The third-order valence-corrected chi connectivity index (χ3v) is 4.81. The molecule has 0 aromatic rings. The molecule has 2 saturated carbocycles. The van der Waals surface area contributed by atoms with Gasteiger partial charge in [-0.3, -0.25) is 9.59 Å². The van der Waals surface area contributed by atoms with Crippen LogP contribution in [-0.4, -0.2) is 34.7 Å². The first-order valence-corrected chi connectivity index (χ1v) is 7.70. The van der Waals surface area contributed by atoms with Gasteiger partial charge in [0, 0.05) is 13.0 Å². The van der Waals surface area contributed by atoms with Crippen LogP contribution in [0.3, 0.4) is 0 Å². The lowest BCUT2D eigenvalue weighted by Crippen LogP contribution is -2.41. The minimum Gasteiger partial charge on any atom is -0.481 e. The molecule has 2 aliphatic rings. The largest absolute Gasteiger partial charge is 0.481 e. The molecule has 114 valence electrons. The zero-order valence-corrected chi connectivity index (χ0v) is 11.9. The van der Waals surface area contributed by atoms with Crippen molar-refractivity contribution < 1.29 is 19.8 Å². The quantitative estimate of drug-likeness (QED) is 0.670. The van der Waals surface area contributed by atoms with Crippen molar-refractivity contribution in [1.82, 2.24) is 5.32 Å². The second-order valence-corrected chi connectivity index (χ2v) is 6.47. The standard InChI is InChI=1S/C15H25NO4/c17-12-7-11(8-12)10-16-13(18)9-15(14(19)20)5-3-1-2-4-6-15/h11-12,17H,1-10H2,(H,16,18)(H,19,20). The smallest absolute Gasteiger partial charge is 0.310 e. The molecule has 0 bridgehead atoms. The summed E-state index contributed by atoms with van der Waals surface area (Å²) in [5.41, 5.74) is -0.861. The number of rotatable bonds is 5. The van der Waals surface area contributed by atoms with E-state index in [1.807, 2.05) is 0 Å². The van der Waals surface area contributed by atoms with Crippen LogP contribution in [0.1, 0.15) is 57.8 Å². The zero-order chi connectivity index (χ0) is 14.6. The average Bonchev–Trinajstić information content (AvgIpc) is 2.60. The lowest BCUT2D eigenvalue weighted by Gasteiger charge is -2.32. The molecule has 2 fully saturated rings.